The van der Waals surface area contributed by atoms with E-state index in [0.717, 1.165) is 42.6 Å². The van der Waals surface area contributed by atoms with E-state index in [1.807, 2.05) is 30.3 Å². The van der Waals surface area contributed by atoms with Crippen LogP contribution < -0.4 is 20.7 Å². The van der Waals surface area contributed by atoms with Crippen molar-refractivity contribution in [3.8, 4) is 5.75 Å². The molecule has 1 aromatic heterocycles. The lowest BCUT2D eigenvalue weighted by Crippen LogP contribution is -2.47. The highest BCUT2D eigenvalue weighted by Gasteiger charge is 2.46. The Morgan fingerprint density at radius 3 is 2.78 bits per heavy atom. The first-order chi connectivity index (χ1) is 17.6. The van der Waals surface area contributed by atoms with Gasteiger partial charge in [0.25, 0.3) is 0 Å². The summed E-state index contributed by atoms with van der Waals surface area (Å²) in [6, 6.07) is 9.40. The zero-order valence-corrected chi connectivity index (χ0v) is 20.3. The fraction of sp³-hybridized carbons (Fsp3) is 0.519. The Kier molecular flexibility index (Phi) is 7.67. The summed E-state index contributed by atoms with van der Waals surface area (Å²) in [6.07, 6.45) is 8.58. The van der Waals surface area contributed by atoms with Gasteiger partial charge < -0.3 is 30.5 Å². The minimum Gasteiger partial charge on any atom is -0.487 e. The first kappa shape index (κ1) is 24.5. The second kappa shape index (κ2) is 11.3. The molecule has 36 heavy (non-hydrogen) atoms. The number of aliphatic hydroxyl groups excluding tert-OH is 1. The van der Waals surface area contributed by atoms with E-state index in [0.29, 0.717) is 18.7 Å². The predicted molar refractivity (Wildman–Crippen MR) is 134 cm³/mol. The molecule has 192 valence electrons. The molecule has 4 N–H and O–H groups in total. The van der Waals surface area contributed by atoms with Gasteiger partial charge in [-0.05, 0) is 49.1 Å². The number of rotatable bonds is 7. The van der Waals surface area contributed by atoms with Gasteiger partial charge in [-0.1, -0.05) is 25.3 Å². The number of ether oxygens (including phenoxy) is 2. The minimum atomic E-state index is -0.529. The number of nitrogens with zero attached hydrogens (tertiary/aromatic N) is 1. The average Bonchev–Trinajstić information content (AvgIpc) is 3.26. The molecule has 0 unspecified atom stereocenters. The van der Waals surface area contributed by atoms with Crippen molar-refractivity contribution in [2.24, 2.45) is 0 Å². The molecule has 1 saturated heterocycles. The second-order valence-electron chi connectivity index (χ2n) is 9.93. The van der Waals surface area contributed by atoms with Gasteiger partial charge in [-0.15, -0.1) is 0 Å². The number of aromatic nitrogens is 1. The molecule has 0 bridgehead atoms. The van der Waals surface area contributed by atoms with Crippen molar-refractivity contribution in [2.45, 2.75) is 81.8 Å². The maximum Gasteiger partial charge on any atom is 0.319 e. The van der Waals surface area contributed by atoms with Crippen LogP contribution in [0.1, 0.15) is 62.0 Å². The number of nitrogens with one attached hydrogen (secondary N) is 3. The second-order valence-corrected chi connectivity index (χ2v) is 9.93. The molecule has 0 radical (unpaired) electrons. The van der Waals surface area contributed by atoms with Gasteiger partial charge in [0, 0.05) is 42.1 Å². The van der Waals surface area contributed by atoms with Crippen molar-refractivity contribution in [1.29, 1.82) is 0 Å². The van der Waals surface area contributed by atoms with Gasteiger partial charge in [0.05, 0.1) is 19.1 Å². The maximum absolute atomic E-state index is 12.6. The summed E-state index contributed by atoms with van der Waals surface area (Å²) in [5.74, 6) is 0.574. The number of aliphatic hydroxyl groups is 1. The summed E-state index contributed by atoms with van der Waals surface area (Å²) in [7, 11) is 0. The molecule has 9 heteroatoms. The number of anilines is 1. The first-order valence-corrected chi connectivity index (χ1v) is 12.9. The number of hydrogen-bond donors (Lipinski definition) is 4. The van der Waals surface area contributed by atoms with Crippen molar-refractivity contribution in [3.05, 3.63) is 53.9 Å². The normalized spacial score (nSPS) is 25.2. The SMILES string of the molecule is O=C(C[C@H]1C[C@H]2c3cc(NC(=O)NC4CCCCC4)ccc3O[C@H]2[C@@H](CO)O1)NCc1cccnc1. The standard InChI is InChI=1S/C27H34N4O5/c32-16-24-26-22(12-20(35-24)13-25(33)29-15-17-5-4-10-28-14-17)21-11-19(8-9-23(21)36-26)31-27(34)30-18-6-2-1-3-7-18/h4-5,8-11,14,18,20,22,24,26,32H,1-3,6-7,12-13,15-16H2,(H,29,33)(H2,30,31,34)/t20-,22+,24-,26-/m1/s1. The van der Waals surface area contributed by atoms with Gasteiger partial charge in [0.1, 0.15) is 18.0 Å². The summed E-state index contributed by atoms with van der Waals surface area (Å²) in [6.45, 7) is 0.205. The number of carbonyl (C=O) groups is 2. The Morgan fingerprint density at radius 1 is 1.14 bits per heavy atom. The number of amides is 3. The lowest BCUT2D eigenvalue weighted by atomic mass is 9.84. The van der Waals surface area contributed by atoms with Gasteiger partial charge in [-0.2, -0.15) is 0 Å². The molecule has 1 aliphatic carbocycles. The Morgan fingerprint density at radius 2 is 2.00 bits per heavy atom. The molecule has 3 heterocycles. The molecule has 9 nitrogen and oxygen atoms in total. The van der Waals surface area contributed by atoms with E-state index in [9.17, 15) is 14.7 Å². The number of fused-ring (bicyclic) bond motifs is 3. The van der Waals surface area contributed by atoms with Crippen LogP contribution in [-0.4, -0.2) is 53.0 Å². The lowest BCUT2D eigenvalue weighted by Gasteiger charge is -2.37. The third-order valence-corrected chi connectivity index (χ3v) is 7.32. The highest BCUT2D eigenvalue weighted by Crippen LogP contribution is 2.47. The van der Waals surface area contributed by atoms with Crippen molar-refractivity contribution in [1.82, 2.24) is 15.6 Å². The highest BCUT2D eigenvalue weighted by atomic mass is 16.6. The van der Waals surface area contributed by atoms with Gasteiger partial charge >= 0.3 is 6.03 Å². The van der Waals surface area contributed by atoms with Crippen molar-refractivity contribution in [3.63, 3.8) is 0 Å². The summed E-state index contributed by atoms with van der Waals surface area (Å²) >= 11 is 0. The molecule has 5 rings (SSSR count). The number of pyridine rings is 1. The summed E-state index contributed by atoms with van der Waals surface area (Å²) < 4.78 is 12.2. The molecule has 0 spiro atoms. The van der Waals surface area contributed by atoms with Crippen LogP contribution >= 0.6 is 0 Å². The molecule has 1 saturated carbocycles. The van der Waals surface area contributed by atoms with E-state index < -0.39 is 6.10 Å². The Balaban J connectivity index is 1.21. The molecule has 3 aliphatic rings. The quantitative estimate of drug-likeness (QED) is 0.469. The molecular weight excluding hydrogens is 460 g/mol. The molecule has 2 fully saturated rings. The zero-order valence-electron chi connectivity index (χ0n) is 20.3. The Bertz CT molecular complexity index is 1060. The Hall–Kier alpha value is -3.17. The fourth-order valence-electron chi connectivity index (χ4n) is 5.55. The zero-order chi connectivity index (χ0) is 24.9. The van der Waals surface area contributed by atoms with Gasteiger partial charge in [-0.3, -0.25) is 9.78 Å². The molecule has 1 aromatic carbocycles. The Labute approximate surface area is 211 Å². The number of urea groups is 1. The molecule has 4 atom stereocenters. The summed E-state index contributed by atoms with van der Waals surface area (Å²) in [5, 5.41) is 18.9. The topological polar surface area (TPSA) is 122 Å². The van der Waals surface area contributed by atoms with Crippen LogP contribution in [0.2, 0.25) is 0 Å². The van der Waals surface area contributed by atoms with Crippen molar-refractivity contribution in [2.75, 3.05) is 11.9 Å². The van der Waals surface area contributed by atoms with Crippen LogP contribution in [0.25, 0.3) is 0 Å². The van der Waals surface area contributed by atoms with Crippen molar-refractivity contribution >= 4 is 17.6 Å². The summed E-state index contributed by atoms with van der Waals surface area (Å²) in [4.78, 5) is 29.2. The number of benzene rings is 1. The first-order valence-electron chi connectivity index (χ1n) is 12.9. The third kappa shape index (κ3) is 5.79. The molecule has 3 amide bonds. The van der Waals surface area contributed by atoms with E-state index in [1.165, 1.54) is 6.42 Å². The van der Waals surface area contributed by atoms with Crippen LogP contribution in [0.15, 0.2) is 42.7 Å². The van der Waals surface area contributed by atoms with Crippen LogP contribution in [0.3, 0.4) is 0 Å². The van der Waals surface area contributed by atoms with E-state index in [2.05, 4.69) is 20.9 Å². The molecule has 2 aliphatic heterocycles. The minimum absolute atomic E-state index is 0.0369. The largest absolute Gasteiger partial charge is 0.487 e. The van der Waals surface area contributed by atoms with Crippen LogP contribution in [0.5, 0.6) is 5.75 Å². The number of hydrogen-bond acceptors (Lipinski definition) is 6. The van der Waals surface area contributed by atoms with E-state index in [1.54, 1.807) is 12.4 Å². The van der Waals surface area contributed by atoms with Gasteiger partial charge in [-0.25, -0.2) is 4.79 Å². The maximum atomic E-state index is 12.6. The van der Waals surface area contributed by atoms with E-state index >= 15 is 0 Å². The van der Waals surface area contributed by atoms with Crippen LogP contribution in [0, 0.1) is 0 Å². The smallest absolute Gasteiger partial charge is 0.319 e. The lowest BCUT2D eigenvalue weighted by molar-refractivity contribution is -0.142. The molecule has 2 aromatic rings. The predicted octanol–water partition coefficient (Wildman–Crippen LogP) is 3.24. The van der Waals surface area contributed by atoms with Crippen LogP contribution in [-0.2, 0) is 16.1 Å². The monoisotopic (exact) mass is 494 g/mol. The van der Waals surface area contributed by atoms with Crippen LogP contribution in [0.4, 0.5) is 10.5 Å². The highest BCUT2D eigenvalue weighted by molar-refractivity contribution is 5.89. The molecular formula is C27H34N4O5. The number of carbonyl (C=O) groups excluding carboxylic acids is 2. The van der Waals surface area contributed by atoms with E-state index in [4.69, 9.17) is 9.47 Å². The van der Waals surface area contributed by atoms with Gasteiger partial charge in [0.2, 0.25) is 5.91 Å². The average molecular weight is 495 g/mol. The fourth-order valence-corrected chi connectivity index (χ4v) is 5.55. The van der Waals surface area contributed by atoms with Gasteiger partial charge in [0.15, 0.2) is 0 Å². The van der Waals surface area contributed by atoms with Crippen molar-refractivity contribution < 1.29 is 24.2 Å². The summed E-state index contributed by atoms with van der Waals surface area (Å²) in [5.41, 5.74) is 2.59. The third-order valence-electron chi connectivity index (χ3n) is 7.32. The van der Waals surface area contributed by atoms with E-state index in [-0.39, 0.29) is 49.1 Å².